The molecule has 0 fully saturated rings. The molecule has 0 amide bonds. The second-order valence-corrected chi connectivity index (χ2v) is 6.29. The minimum Gasteiger partial charge on any atom is -0.319 e. The second kappa shape index (κ2) is 7.31. The lowest BCUT2D eigenvalue weighted by molar-refractivity contribution is 0.391. The Morgan fingerprint density at radius 2 is 1.76 bits per heavy atom. The van der Waals surface area contributed by atoms with E-state index < -0.39 is 0 Å². The number of rotatable bonds is 6. The van der Waals surface area contributed by atoms with Gasteiger partial charge in [-0.05, 0) is 49.2 Å². The first-order chi connectivity index (χ1) is 10.1. The van der Waals surface area contributed by atoms with Crippen molar-refractivity contribution in [3.63, 3.8) is 0 Å². The summed E-state index contributed by atoms with van der Waals surface area (Å²) in [5.74, 6) is 0. The highest BCUT2D eigenvalue weighted by molar-refractivity contribution is 6.33. The van der Waals surface area contributed by atoms with Crippen molar-refractivity contribution in [2.45, 2.75) is 25.2 Å². The summed E-state index contributed by atoms with van der Waals surface area (Å²) in [5.41, 5.74) is 2.45. The molecular weight excluding hydrogens is 301 g/mol. The fourth-order valence-electron chi connectivity index (χ4n) is 2.89. The molecule has 0 saturated carbocycles. The van der Waals surface area contributed by atoms with E-state index in [0.29, 0.717) is 0 Å². The van der Waals surface area contributed by atoms with Gasteiger partial charge < -0.3 is 5.32 Å². The van der Waals surface area contributed by atoms with Crippen LogP contribution in [0, 0.1) is 0 Å². The van der Waals surface area contributed by atoms with E-state index in [1.807, 2.05) is 25.2 Å². The summed E-state index contributed by atoms with van der Waals surface area (Å²) in [7, 11) is 1.99. The Morgan fingerprint density at radius 3 is 2.38 bits per heavy atom. The van der Waals surface area contributed by atoms with Crippen molar-refractivity contribution in [1.82, 2.24) is 5.32 Å². The third-order valence-electron chi connectivity index (χ3n) is 4.11. The van der Waals surface area contributed by atoms with Gasteiger partial charge in [0.2, 0.25) is 0 Å². The largest absolute Gasteiger partial charge is 0.319 e. The second-order valence-electron chi connectivity index (χ2n) is 5.44. The molecule has 2 aromatic carbocycles. The SMILES string of the molecule is CCC(CNC)(Cc1cc(Cl)ccc1Cl)c1ccccc1. The van der Waals surface area contributed by atoms with Crippen molar-refractivity contribution in [1.29, 1.82) is 0 Å². The van der Waals surface area contributed by atoms with Gasteiger partial charge in [0, 0.05) is 22.0 Å². The van der Waals surface area contributed by atoms with Crippen LogP contribution in [0.1, 0.15) is 24.5 Å². The predicted octanol–water partition coefficient (Wildman–Crippen LogP) is 5.10. The Balaban J connectivity index is 2.43. The summed E-state index contributed by atoms with van der Waals surface area (Å²) in [6, 6.07) is 16.3. The molecule has 1 atom stereocenters. The van der Waals surface area contributed by atoms with Crippen molar-refractivity contribution >= 4 is 23.2 Å². The quantitative estimate of drug-likeness (QED) is 0.780. The summed E-state index contributed by atoms with van der Waals surface area (Å²) >= 11 is 12.5. The fraction of sp³-hybridized carbons (Fsp3) is 0.333. The van der Waals surface area contributed by atoms with Crippen LogP contribution in [0.2, 0.25) is 10.0 Å². The van der Waals surface area contributed by atoms with Crippen LogP contribution < -0.4 is 5.32 Å². The maximum Gasteiger partial charge on any atom is 0.0439 e. The van der Waals surface area contributed by atoms with Crippen molar-refractivity contribution in [2.75, 3.05) is 13.6 Å². The van der Waals surface area contributed by atoms with Gasteiger partial charge in [0.05, 0.1) is 0 Å². The van der Waals surface area contributed by atoms with Crippen LogP contribution in [0.15, 0.2) is 48.5 Å². The van der Waals surface area contributed by atoms with Crippen LogP contribution in [0.25, 0.3) is 0 Å². The van der Waals surface area contributed by atoms with Gasteiger partial charge in [-0.25, -0.2) is 0 Å². The van der Waals surface area contributed by atoms with E-state index >= 15 is 0 Å². The first kappa shape index (κ1) is 16.4. The zero-order valence-electron chi connectivity index (χ0n) is 12.5. The van der Waals surface area contributed by atoms with Crippen LogP contribution in [-0.4, -0.2) is 13.6 Å². The van der Waals surface area contributed by atoms with Gasteiger partial charge in [-0.1, -0.05) is 60.5 Å². The van der Waals surface area contributed by atoms with Crippen LogP contribution >= 0.6 is 23.2 Å². The molecule has 0 spiro atoms. The molecule has 0 aromatic heterocycles. The molecule has 0 aliphatic rings. The van der Waals surface area contributed by atoms with Crippen molar-refractivity contribution in [3.05, 3.63) is 69.7 Å². The fourth-order valence-corrected chi connectivity index (χ4v) is 3.27. The Bertz CT molecular complexity index is 583. The number of nitrogens with one attached hydrogen (secondary N) is 1. The summed E-state index contributed by atoms with van der Waals surface area (Å²) in [4.78, 5) is 0. The highest BCUT2D eigenvalue weighted by atomic mass is 35.5. The number of halogens is 2. The topological polar surface area (TPSA) is 12.0 Å². The van der Waals surface area contributed by atoms with E-state index in [1.54, 1.807) is 0 Å². The van der Waals surface area contributed by atoms with Crippen LogP contribution in [0.5, 0.6) is 0 Å². The van der Waals surface area contributed by atoms with Gasteiger partial charge in [-0.15, -0.1) is 0 Å². The normalized spacial score (nSPS) is 13.9. The molecule has 3 heteroatoms. The molecule has 0 heterocycles. The van der Waals surface area contributed by atoms with Gasteiger partial charge >= 0.3 is 0 Å². The van der Waals surface area contributed by atoms with E-state index in [9.17, 15) is 0 Å². The van der Waals surface area contributed by atoms with Gasteiger partial charge in [0.15, 0.2) is 0 Å². The van der Waals surface area contributed by atoms with Gasteiger partial charge in [-0.2, -0.15) is 0 Å². The molecule has 1 nitrogen and oxygen atoms in total. The van der Waals surface area contributed by atoms with Crippen LogP contribution in [0.4, 0.5) is 0 Å². The van der Waals surface area contributed by atoms with Crippen molar-refractivity contribution < 1.29 is 0 Å². The Kier molecular flexibility index (Phi) is 5.69. The van der Waals surface area contributed by atoms with Crippen molar-refractivity contribution in [2.24, 2.45) is 0 Å². The molecule has 2 rings (SSSR count). The Morgan fingerprint density at radius 1 is 1.05 bits per heavy atom. The molecule has 21 heavy (non-hydrogen) atoms. The molecule has 0 aliphatic heterocycles. The monoisotopic (exact) mass is 321 g/mol. The molecule has 112 valence electrons. The zero-order chi connectivity index (χ0) is 15.3. The van der Waals surface area contributed by atoms with E-state index in [-0.39, 0.29) is 5.41 Å². The highest BCUT2D eigenvalue weighted by Crippen LogP contribution is 2.34. The Hall–Kier alpha value is -1.02. The zero-order valence-corrected chi connectivity index (χ0v) is 14.0. The predicted molar refractivity (Wildman–Crippen MR) is 92.5 cm³/mol. The van der Waals surface area contributed by atoms with Crippen molar-refractivity contribution in [3.8, 4) is 0 Å². The Labute approximate surface area is 137 Å². The molecule has 1 unspecified atom stereocenters. The summed E-state index contributed by atoms with van der Waals surface area (Å²) in [6.45, 7) is 3.12. The standard InChI is InChI=1S/C18H21Cl2N/c1-3-18(13-21-2,15-7-5-4-6-8-15)12-14-11-16(19)9-10-17(14)20/h4-11,21H,3,12-13H2,1-2H3. The molecule has 2 aromatic rings. The van der Waals surface area contributed by atoms with E-state index in [2.05, 4.69) is 42.6 Å². The van der Waals surface area contributed by atoms with Crippen LogP contribution in [-0.2, 0) is 11.8 Å². The third-order valence-corrected chi connectivity index (χ3v) is 4.72. The van der Waals surface area contributed by atoms with E-state index in [4.69, 9.17) is 23.2 Å². The minimum absolute atomic E-state index is 0.0182. The van der Waals surface area contributed by atoms with E-state index in [1.165, 1.54) is 5.56 Å². The van der Waals surface area contributed by atoms with Gasteiger partial charge in [-0.3, -0.25) is 0 Å². The average molecular weight is 322 g/mol. The van der Waals surface area contributed by atoms with Crippen LogP contribution in [0.3, 0.4) is 0 Å². The lowest BCUT2D eigenvalue weighted by Gasteiger charge is -2.34. The molecule has 0 aliphatic carbocycles. The molecule has 0 radical (unpaired) electrons. The molecule has 0 bridgehead atoms. The maximum absolute atomic E-state index is 6.37. The highest BCUT2D eigenvalue weighted by Gasteiger charge is 2.30. The molecule has 1 N–H and O–H groups in total. The summed E-state index contributed by atoms with van der Waals surface area (Å²) in [5, 5.41) is 4.85. The first-order valence-electron chi connectivity index (χ1n) is 7.25. The first-order valence-corrected chi connectivity index (χ1v) is 8.01. The number of likely N-dealkylation sites (N-methyl/N-ethyl adjacent to an activating group) is 1. The molecular formula is C18H21Cl2N. The third kappa shape index (κ3) is 3.79. The number of hydrogen-bond acceptors (Lipinski definition) is 1. The lowest BCUT2D eigenvalue weighted by Crippen LogP contribution is -2.38. The summed E-state index contributed by atoms with van der Waals surface area (Å²) in [6.07, 6.45) is 1.90. The van der Waals surface area contributed by atoms with Gasteiger partial charge in [0.25, 0.3) is 0 Å². The minimum atomic E-state index is 0.0182. The smallest absolute Gasteiger partial charge is 0.0439 e. The maximum atomic E-state index is 6.37. The van der Waals surface area contributed by atoms with Gasteiger partial charge in [0.1, 0.15) is 0 Å². The average Bonchev–Trinajstić information content (AvgIpc) is 2.51. The summed E-state index contributed by atoms with van der Waals surface area (Å²) < 4.78 is 0. The van der Waals surface area contributed by atoms with E-state index in [0.717, 1.165) is 35.0 Å². The molecule has 0 saturated heterocycles. The number of hydrogen-bond donors (Lipinski definition) is 1. The lowest BCUT2D eigenvalue weighted by atomic mass is 9.73. The number of benzene rings is 2.